The second-order valence-electron chi connectivity index (χ2n) is 1.95. The Bertz CT molecular complexity index is 222. The molecule has 0 radical (unpaired) electrons. The van der Waals surface area contributed by atoms with Gasteiger partial charge in [-0.1, -0.05) is 6.58 Å². The molecule has 0 saturated carbocycles. The molecule has 0 aromatic carbocycles. The molecule has 0 aliphatic carbocycles. The van der Waals surface area contributed by atoms with E-state index in [4.69, 9.17) is 9.79 Å². The highest BCUT2D eigenvalue weighted by atomic mass is 31.2. The number of hydrogen-bond acceptors (Lipinski definition) is 3. The quantitative estimate of drug-likeness (QED) is 0.326. The van der Waals surface area contributed by atoms with E-state index in [0.29, 0.717) is 0 Å². The highest BCUT2D eigenvalue weighted by molar-refractivity contribution is 7.46. The van der Waals surface area contributed by atoms with E-state index in [1.807, 2.05) is 0 Å². The van der Waals surface area contributed by atoms with E-state index in [9.17, 15) is 9.36 Å². The molecule has 1 amide bonds. The van der Waals surface area contributed by atoms with Gasteiger partial charge >= 0.3 is 7.82 Å². The Morgan fingerprint density at radius 3 is 2.58 bits per heavy atom. The van der Waals surface area contributed by atoms with E-state index in [2.05, 4.69) is 16.4 Å². The normalized spacial score (nSPS) is 13.6. The smallest absolute Gasteiger partial charge is 0.327 e. The molecule has 0 heterocycles. The molecule has 0 aliphatic rings. The summed E-state index contributed by atoms with van der Waals surface area (Å²) in [5.74, 6) is -0.559. The number of phosphoric ester groups is 1. The van der Waals surface area contributed by atoms with Crippen molar-refractivity contribution >= 4 is 13.7 Å². The van der Waals surface area contributed by atoms with Gasteiger partial charge < -0.3 is 15.1 Å². The van der Waals surface area contributed by atoms with Gasteiger partial charge in [0.2, 0.25) is 5.91 Å². The highest BCUT2D eigenvalue weighted by Crippen LogP contribution is 2.36. The van der Waals surface area contributed by atoms with Crippen molar-refractivity contribution in [3.05, 3.63) is 12.7 Å². The number of phosphoric acid groups is 1. The van der Waals surface area contributed by atoms with Crippen LogP contribution in [0.5, 0.6) is 0 Å². The molecule has 0 rings (SSSR count). The summed E-state index contributed by atoms with van der Waals surface area (Å²) >= 11 is 0. The topological polar surface area (TPSA) is 95.9 Å². The van der Waals surface area contributed by atoms with Crippen molar-refractivity contribution in [2.24, 2.45) is 0 Å². The van der Waals surface area contributed by atoms with E-state index in [-0.39, 0.29) is 0 Å². The molecule has 1 unspecified atom stereocenters. The van der Waals surface area contributed by atoms with Crippen LogP contribution in [-0.2, 0) is 13.9 Å². The monoisotopic (exact) mass is 195 g/mol. The van der Waals surface area contributed by atoms with Crippen molar-refractivity contribution in [3.8, 4) is 0 Å². The molecule has 0 saturated heterocycles. The Hall–Kier alpha value is -0.680. The van der Waals surface area contributed by atoms with Crippen molar-refractivity contribution < 1.29 is 23.7 Å². The second-order valence-corrected chi connectivity index (χ2v) is 3.14. The fourth-order valence-electron chi connectivity index (χ4n) is 0.492. The lowest BCUT2D eigenvalue weighted by Gasteiger charge is -2.13. The van der Waals surface area contributed by atoms with Gasteiger partial charge in [-0.25, -0.2) is 4.57 Å². The van der Waals surface area contributed by atoms with Gasteiger partial charge in [0.25, 0.3) is 0 Å². The van der Waals surface area contributed by atoms with Crippen molar-refractivity contribution in [3.63, 3.8) is 0 Å². The van der Waals surface area contributed by atoms with E-state index in [1.165, 1.54) is 6.92 Å². The summed E-state index contributed by atoms with van der Waals surface area (Å²) < 4.78 is 14.3. The summed E-state index contributed by atoms with van der Waals surface area (Å²) in [6.45, 7) is 4.44. The largest absolute Gasteiger partial charge is 0.471 e. The Balaban J connectivity index is 3.90. The minimum atomic E-state index is -4.54. The maximum atomic E-state index is 10.5. The molecule has 70 valence electrons. The number of amides is 1. The Morgan fingerprint density at radius 1 is 1.75 bits per heavy atom. The molecule has 0 aromatic heterocycles. The van der Waals surface area contributed by atoms with Crippen LogP contribution in [0.3, 0.4) is 0 Å². The van der Waals surface area contributed by atoms with Crippen molar-refractivity contribution in [1.29, 1.82) is 0 Å². The lowest BCUT2D eigenvalue weighted by molar-refractivity contribution is -0.118. The average molecular weight is 195 g/mol. The molecule has 0 aromatic rings. The van der Waals surface area contributed by atoms with Gasteiger partial charge in [-0.05, 0) is 13.0 Å². The standard InChI is InChI=1S/C5H10NO5P/c1-3-5(7)6-4(2)11-12(8,9)10/h3-4H,1H2,2H3,(H,6,7)(H2,8,9,10). The number of nitrogens with one attached hydrogen (secondary N) is 1. The number of carbonyl (C=O) groups is 1. The van der Waals surface area contributed by atoms with Gasteiger partial charge in [0, 0.05) is 0 Å². The Morgan fingerprint density at radius 2 is 2.25 bits per heavy atom. The van der Waals surface area contributed by atoms with Gasteiger partial charge in [0.1, 0.15) is 6.23 Å². The highest BCUT2D eigenvalue weighted by Gasteiger charge is 2.19. The zero-order valence-electron chi connectivity index (χ0n) is 6.43. The lowest BCUT2D eigenvalue weighted by atomic mass is 10.5. The third kappa shape index (κ3) is 6.06. The second kappa shape index (κ2) is 4.37. The van der Waals surface area contributed by atoms with E-state index < -0.39 is 20.0 Å². The average Bonchev–Trinajstić information content (AvgIpc) is 1.82. The van der Waals surface area contributed by atoms with E-state index in [1.54, 1.807) is 0 Å². The van der Waals surface area contributed by atoms with Crippen LogP contribution in [0.2, 0.25) is 0 Å². The summed E-state index contributed by atoms with van der Waals surface area (Å²) in [5, 5.41) is 2.11. The summed E-state index contributed by atoms with van der Waals surface area (Å²) in [5.41, 5.74) is 0. The minimum absolute atomic E-state index is 0.559. The molecule has 0 bridgehead atoms. The van der Waals surface area contributed by atoms with Gasteiger partial charge in [-0.15, -0.1) is 0 Å². The maximum Gasteiger partial charge on any atom is 0.471 e. The molecule has 7 heteroatoms. The Labute approximate surface area is 69.5 Å². The minimum Gasteiger partial charge on any atom is -0.327 e. The molecule has 12 heavy (non-hydrogen) atoms. The van der Waals surface area contributed by atoms with E-state index >= 15 is 0 Å². The molecule has 3 N–H and O–H groups in total. The van der Waals surface area contributed by atoms with Crippen LogP contribution in [0.15, 0.2) is 12.7 Å². The predicted molar refractivity (Wildman–Crippen MR) is 40.9 cm³/mol. The van der Waals surface area contributed by atoms with Gasteiger partial charge in [0.15, 0.2) is 0 Å². The van der Waals surface area contributed by atoms with Crippen LogP contribution in [0.1, 0.15) is 6.92 Å². The predicted octanol–water partition coefficient (Wildman–Crippen LogP) is -0.256. The fourth-order valence-corrected chi connectivity index (χ4v) is 0.956. The van der Waals surface area contributed by atoms with Crippen molar-refractivity contribution in [1.82, 2.24) is 5.32 Å². The SMILES string of the molecule is C=CC(=O)NC(C)OP(=O)(O)O. The van der Waals surface area contributed by atoms with E-state index in [0.717, 1.165) is 6.08 Å². The first-order chi connectivity index (χ1) is 5.35. The molecular formula is C5H10NO5P. The third-order valence-corrected chi connectivity index (χ3v) is 1.42. The van der Waals surface area contributed by atoms with Gasteiger partial charge in [-0.3, -0.25) is 9.32 Å². The molecular weight excluding hydrogens is 185 g/mol. The zero-order valence-corrected chi connectivity index (χ0v) is 7.32. The first-order valence-electron chi connectivity index (χ1n) is 3.02. The summed E-state index contributed by atoms with van der Waals surface area (Å²) in [4.78, 5) is 27.1. The lowest BCUT2D eigenvalue weighted by Crippen LogP contribution is -2.32. The van der Waals surface area contributed by atoms with Gasteiger partial charge in [0.05, 0.1) is 0 Å². The summed E-state index contributed by atoms with van der Waals surface area (Å²) in [6, 6.07) is 0. The first kappa shape index (κ1) is 11.3. The molecule has 0 fully saturated rings. The molecule has 0 aliphatic heterocycles. The van der Waals surface area contributed by atoms with Crippen LogP contribution < -0.4 is 5.32 Å². The first-order valence-corrected chi connectivity index (χ1v) is 4.55. The molecule has 1 atom stereocenters. The van der Waals surface area contributed by atoms with Crippen LogP contribution >= 0.6 is 7.82 Å². The number of rotatable bonds is 4. The third-order valence-electron chi connectivity index (χ3n) is 0.826. The maximum absolute atomic E-state index is 10.5. The summed E-state index contributed by atoms with van der Waals surface area (Å²) in [6.07, 6.45) is -0.0733. The zero-order chi connectivity index (χ0) is 9.78. The van der Waals surface area contributed by atoms with Crippen LogP contribution in [0, 0.1) is 0 Å². The summed E-state index contributed by atoms with van der Waals surface area (Å²) in [7, 11) is -4.54. The van der Waals surface area contributed by atoms with Crippen LogP contribution in [-0.4, -0.2) is 21.9 Å². The van der Waals surface area contributed by atoms with Crippen LogP contribution in [0.4, 0.5) is 0 Å². The molecule has 6 nitrogen and oxygen atoms in total. The van der Waals surface area contributed by atoms with Crippen molar-refractivity contribution in [2.75, 3.05) is 0 Å². The Kier molecular flexibility index (Phi) is 4.12. The van der Waals surface area contributed by atoms with Gasteiger partial charge in [-0.2, -0.15) is 0 Å². The molecule has 0 spiro atoms. The van der Waals surface area contributed by atoms with Crippen LogP contribution in [0.25, 0.3) is 0 Å². The fraction of sp³-hybridized carbons (Fsp3) is 0.400. The number of hydrogen-bond donors (Lipinski definition) is 3. The van der Waals surface area contributed by atoms with Crippen molar-refractivity contribution in [2.45, 2.75) is 13.2 Å². The number of carbonyl (C=O) groups excluding carboxylic acids is 1.